The van der Waals surface area contributed by atoms with Gasteiger partial charge in [-0.2, -0.15) is 0 Å². The highest BCUT2D eigenvalue weighted by Gasteiger charge is 2.44. The Morgan fingerprint density at radius 2 is 1.64 bits per heavy atom. The third-order valence-corrected chi connectivity index (χ3v) is 4.84. The number of piperazine rings is 1. The average Bonchev–Trinajstić information content (AvgIpc) is 2.96. The fourth-order valence-corrected chi connectivity index (χ4v) is 3.33. The van der Waals surface area contributed by atoms with Crippen LogP contribution in [-0.4, -0.2) is 81.9 Å². The zero-order valence-electron chi connectivity index (χ0n) is 13.5. The van der Waals surface area contributed by atoms with Gasteiger partial charge in [0.05, 0.1) is 5.54 Å². The van der Waals surface area contributed by atoms with Gasteiger partial charge in [-0.05, 0) is 26.7 Å². The van der Waals surface area contributed by atoms with Gasteiger partial charge < -0.3 is 14.9 Å². The monoisotopic (exact) mass is 311 g/mol. The maximum Gasteiger partial charge on any atom is 0.326 e. The molecule has 2 fully saturated rings. The van der Waals surface area contributed by atoms with Crippen molar-refractivity contribution in [2.24, 2.45) is 0 Å². The van der Waals surface area contributed by atoms with Crippen LogP contribution in [0.25, 0.3) is 0 Å². The van der Waals surface area contributed by atoms with Gasteiger partial charge in [0.15, 0.2) is 0 Å². The second kappa shape index (κ2) is 6.24. The van der Waals surface area contributed by atoms with E-state index in [0.29, 0.717) is 39.1 Å². The van der Waals surface area contributed by atoms with Crippen LogP contribution in [0.2, 0.25) is 0 Å². The number of carboxylic acid groups (broad SMARTS) is 1. The first kappa shape index (κ1) is 16.7. The van der Waals surface area contributed by atoms with Crippen LogP contribution in [0.4, 0.5) is 0 Å². The number of hydrogen-bond acceptors (Lipinski definition) is 4. The minimum absolute atomic E-state index is 0.0502. The Balaban J connectivity index is 2.05. The van der Waals surface area contributed by atoms with E-state index in [1.807, 2.05) is 18.7 Å². The Bertz CT molecular complexity index is 469. The maximum absolute atomic E-state index is 12.8. The van der Waals surface area contributed by atoms with Crippen LogP contribution in [0, 0.1) is 0 Å². The van der Waals surface area contributed by atoms with Gasteiger partial charge in [0.2, 0.25) is 11.8 Å². The smallest absolute Gasteiger partial charge is 0.326 e. The number of carbonyl (C=O) groups is 3. The van der Waals surface area contributed by atoms with Crippen molar-refractivity contribution in [3.8, 4) is 0 Å². The molecule has 1 atom stereocenters. The number of hydrogen-bond donors (Lipinski definition) is 1. The zero-order chi connectivity index (χ0) is 16.5. The molecule has 7 heteroatoms. The minimum atomic E-state index is -0.928. The van der Waals surface area contributed by atoms with Crippen LogP contribution < -0.4 is 0 Å². The summed E-state index contributed by atoms with van der Waals surface area (Å²) in [5, 5.41) is 9.25. The SMILES string of the molecule is CC(=O)N1CCN(C(C)(C)C(=O)N2CCCC2C(=O)O)CC1. The summed E-state index contributed by atoms with van der Waals surface area (Å²) in [6.07, 6.45) is 1.26. The summed E-state index contributed by atoms with van der Waals surface area (Å²) in [4.78, 5) is 40.8. The number of aliphatic carboxylic acids is 1. The molecule has 2 rings (SSSR count). The van der Waals surface area contributed by atoms with E-state index >= 15 is 0 Å². The molecule has 0 radical (unpaired) electrons. The van der Waals surface area contributed by atoms with E-state index in [1.165, 1.54) is 4.90 Å². The molecular formula is C15H25N3O4. The lowest BCUT2D eigenvalue weighted by atomic mass is 9.98. The van der Waals surface area contributed by atoms with E-state index in [9.17, 15) is 19.5 Å². The Labute approximate surface area is 130 Å². The first-order valence-corrected chi connectivity index (χ1v) is 7.79. The summed E-state index contributed by atoms with van der Waals surface area (Å²) in [7, 11) is 0. The fraction of sp³-hybridized carbons (Fsp3) is 0.800. The van der Waals surface area contributed by atoms with Crippen LogP contribution in [0.1, 0.15) is 33.6 Å². The minimum Gasteiger partial charge on any atom is -0.480 e. The topological polar surface area (TPSA) is 81.2 Å². The van der Waals surface area contributed by atoms with E-state index < -0.39 is 17.6 Å². The molecule has 2 aliphatic rings. The molecular weight excluding hydrogens is 286 g/mol. The number of nitrogens with zero attached hydrogens (tertiary/aromatic N) is 3. The summed E-state index contributed by atoms with van der Waals surface area (Å²) in [6.45, 7) is 8.21. The third-order valence-electron chi connectivity index (χ3n) is 4.84. The van der Waals surface area contributed by atoms with E-state index in [-0.39, 0.29) is 11.8 Å². The quantitative estimate of drug-likeness (QED) is 0.794. The summed E-state index contributed by atoms with van der Waals surface area (Å²) in [6, 6.07) is -0.703. The summed E-state index contributed by atoms with van der Waals surface area (Å²) in [5.74, 6) is -1.01. The van der Waals surface area contributed by atoms with Gasteiger partial charge in [0.25, 0.3) is 0 Å². The molecule has 1 unspecified atom stereocenters. The van der Waals surface area contributed by atoms with Crippen molar-refractivity contribution in [2.45, 2.75) is 45.2 Å². The van der Waals surface area contributed by atoms with Crippen LogP contribution in [0.3, 0.4) is 0 Å². The highest BCUT2D eigenvalue weighted by molar-refractivity contribution is 5.90. The summed E-state index contributed by atoms with van der Waals surface area (Å²) in [5.41, 5.74) is -0.749. The van der Waals surface area contributed by atoms with Gasteiger partial charge in [0, 0.05) is 39.6 Å². The Morgan fingerprint density at radius 1 is 1.05 bits per heavy atom. The van der Waals surface area contributed by atoms with Crippen LogP contribution in [0.15, 0.2) is 0 Å². The highest BCUT2D eigenvalue weighted by atomic mass is 16.4. The lowest BCUT2D eigenvalue weighted by Crippen LogP contribution is -2.62. The lowest BCUT2D eigenvalue weighted by molar-refractivity contribution is -0.154. The van der Waals surface area contributed by atoms with Crippen molar-refractivity contribution < 1.29 is 19.5 Å². The molecule has 22 heavy (non-hydrogen) atoms. The predicted octanol–water partition coefficient (Wildman–Crippen LogP) is 0.00470. The van der Waals surface area contributed by atoms with Crippen molar-refractivity contribution in [1.82, 2.24) is 14.7 Å². The van der Waals surface area contributed by atoms with E-state index in [2.05, 4.69) is 0 Å². The van der Waals surface area contributed by atoms with Crippen molar-refractivity contribution in [2.75, 3.05) is 32.7 Å². The molecule has 0 aliphatic carbocycles. The van der Waals surface area contributed by atoms with Crippen LogP contribution in [0.5, 0.6) is 0 Å². The predicted molar refractivity (Wildman–Crippen MR) is 80.3 cm³/mol. The number of carboxylic acids is 1. The molecule has 7 nitrogen and oxygen atoms in total. The fourth-order valence-electron chi connectivity index (χ4n) is 3.33. The molecule has 2 amide bonds. The Morgan fingerprint density at radius 3 is 2.14 bits per heavy atom. The molecule has 0 aromatic heterocycles. The zero-order valence-corrected chi connectivity index (χ0v) is 13.5. The summed E-state index contributed by atoms with van der Waals surface area (Å²) >= 11 is 0. The standard InChI is InChI=1S/C15H25N3O4/c1-11(19)16-7-9-17(10-8-16)15(2,3)14(22)18-6-4-5-12(18)13(20)21/h12H,4-10H2,1-3H3,(H,20,21). The van der Waals surface area contributed by atoms with Crippen molar-refractivity contribution >= 4 is 17.8 Å². The van der Waals surface area contributed by atoms with Gasteiger partial charge in [-0.1, -0.05) is 0 Å². The number of carbonyl (C=O) groups excluding carboxylic acids is 2. The largest absolute Gasteiger partial charge is 0.480 e. The molecule has 2 saturated heterocycles. The van der Waals surface area contributed by atoms with Gasteiger partial charge in [-0.3, -0.25) is 14.5 Å². The normalized spacial score (nSPS) is 23.7. The maximum atomic E-state index is 12.8. The van der Waals surface area contributed by atoms with E-state index in [0.717, 1.165) is 6.42 Å². The Kier molecular flexibility index (Phi) is 4.75. The summed E-state index contributed by atoms with van der Waals surface area (Å²) < 4.78 is 0. The molecule has 2 heterocycles. The van der Waals surface area contributed by atoms with Gasteiger partial charge in [-0.25, -0.2) is 4.79 Å². The highest BCUT2D eigenvalue weighted by Crippen LogP contribution is 2.26. The first-order chi connectivity index (χ1) is 10.2. The molecule has 1 N–H and O–H groups in total. The van der Waals surface area contributed by atoms with Crippen LogP contribution in [-0.2, 0) is 14.4 Å². The van der Waals surface area contributed by atoms with E-state index in [1.54, 1.807) is 11.8 Å². The molecule has 0 saturated carbocycles. The number of rotatable bonds is 3. The molecule has 0 aromatic rings. The molecule has 0 spiro atoms. The van der Waals surface area contributed by atoms with Crippen LogP contribution >= 0.6 is 0 Å². The van der Waals surface area contributed by atoms with Gasteiger partial charge in [-0.15, -0.1) is 0 Å². The van der Waals surface area contributed by atoms with Crippen molar-refractivity contribution in [1.29, 1.82) is 0 Å². The number of amides is 2. The first-order valence-electron chi connectivity index (χ1n) is 7.79. The van der Waals surface area contributed by atoms with E-state index in [4.69, 9.17) is 0 Å². The second-order valence-corrected chi connectivity index (χ2v) is 6.55. The average molecular weight is 311 g/mol. The van der Waals surface area contributed by atoms with Gasteiger partial charge in [0.1, 0.15) is 6.04 Å². The third kappa shape index (κ3) is 3.09. The van der Waals surface area contributed by atoms with Crippen molar-refractivity contribution in [3.05, 3.63) is 0 Å². The van der Waals surface area contributed by atoms with Gasteiger partial charge >= 0.3 is 5.97 Å². The molecule has 124 valence electrons. The number of likely N-dealkylation sites (tertiary alicyclic amines) is 1. The second-order valence-electron chi connectivity index (χ2n) is 6.55. The Hall–Kier alpha value is -1.63. The molecule has 0 aromatic carbocycles. The molecule has 2 aliphatic heterocycles. The van der Waals surface area contributed by atoms with Crippen molar-refractivity contribution in [3.63, 3.8) is 0 Å². The molecule has 0 bridgehead atoms. The lowest BCUT2D eigenvalue weighted by Gasteiger charge is -2.44.